The molecule has 1 aromatic rings. The first-order valence-corrected chi connectivity index (χ1v) is 6.74. The van der Waals surface area contributed by atoms with Gasteiger partial charge in [0.25, 0.3) is 0 Å². The molecule has 0 fully saturated rings. The van der Waals surface area contributed by atoms with Crippen molar-refractivity contribution in [2.75, 3.05) is 11.9 Å². The predicted octanol–water partition coefficient (Wildman–Crippen LogP) is 2.51. The highest BCUT2D eigenvalue weighted by Gasteiger charge is 2.18. The normalized spacial score (nSPS) is 13.9. The monoisotopic (exact) mass is 264 g/mol. The molecule has 1 rings (SSSR count). The van der Waals surface area contributed by atoms with Gasteiger partial charge in [0.1, 0.15) is 5.75 Å². The molecule has 0 aliphatic carbocycles. The second-order valence-electron chi connectivity index (χ2n) is 5.23. The van der Waals surface area contributed by atoms with Crippen LogP contribution in [0.3, 0.4) is 0 Å². The summed E-state index contributed by atoms with van der Waals surface area (Å²) in [6.07, 6.45) is 2.73. The van der Waals surface area contributed by atoms with Crippen LogP contribution in [0.4, 0.5) is 5.69 Å². The molecular formula is C15H24N2O2. The highest BCUT2D eigenvalue weighted by atomic mass is 16.3. The number of aromatic hydroxyl groups is 1. The van der Waals surface area contributed by atoms with Crippen LogP contribution >= 0.6 is 0 Å². The quantitative estimate of drug-likeness (QED) is 0.829. The fourth-order valence-electron chi connectivity index (χ4n) is 2.03. The van der Waals surface area contributed by atoms with E-state index in [4.69, 9.17) is 5.73 Å². The third-order valence-electron chi connectivity index (χ3n) is 3.27. The van der Waals surface area contributed by atoms with Gasteiger partial charge in [0.05, 0.1) is 0 Å². The molecule has 1 aromatic carbocycles. The number of nitrogens with zero attached hydrogens (tertiary/aromatic N) is 1. The number of phenolic OH excluding ortho intramolecular Hbond substituents is 1. The number of nitrogens with two attached hydrogens (primary N) is 1. The summed E-state index contributed by atoms with van der Waals surface area (Å²) >= 11 is 0. The van der Waals surface area contributed by atoms with Gasteiger partial charge in [-0.3, -0.25) is 4.79 Å². The molecule has 0 spiro atoms. The SMILES string of the molecule is CC(N)CCCC(C)C(=O)N(C)c1cccc(O)c1. The summed E-state index contributed by atoms with van der Waals surface area (Å²) in [5, 5.41) is 9.43. The minimum atomic E-state index is -0.0360. The van der Waals surface area contributed by atoms with E-state index in [1.165, 1.54) is 0 Å². The minimum absolute atomic E-state index is 0.0360. The number of benzene rings is 1. The minimum Gasteiger partial charge on any atom is -0.508 e. The number of phenols is 1. The van der Waals surface area contributed by atoms with Gasteiger partial charge in [0, 0.05) is 30.8 Å². The molecule has 4 heteroatoms. The van der Waals surface area contributed by atoms with Crippen LogP contribution in [0.5, 0.6) is 5.75 Å². The third kappa shape index (κ3) is 4.91. The van der Waals surface area contributed by atoms with Crippen molar-refractivity contribution in [1.29, 1.82) is 0 Å². The van der Waals surface area contributed by atoms with E-state index in [-0.39, 0.29) is 23.6 Å². The molecule has 0 heterocycles. The van der Waals surface area contributed by atoms with Gasteiger partial charge in [-0.05, 0) is 31.9 Å². The van der Waals surface area contributed by atoms with Crippen molar-refractivity contribution in [3.05, 3.63) is 24.3 Å². The van der Waals surface area contributed by atoms with Crippen molar-refractivity contribution < 1.29 is 9.90 Å². The highest BCUT2D eigenvalue weighted by molar-refractivity contribution is 5.94. The largest absolute Gasteiger partial charge is 0.508 e. The van der Waals surface area contributed by atoms with E-state index in [0.29, 0.717) is 5.69 Å². The topological polar surface area (TPSA) is 66.6 Å². The molecule has 1 amide bonds. The molecular weight excluding hydrogens is 240 g/mol. The summed E-state index contributed by atoms with van der Waals surface area (Å²) in [6.45, 7) is 3.91. The number of rotatable bonds is 6. The molecule has 106 valence electrons. The van der Waals surface area contributed by atoms with Gasteiger partial charge in [0.2, 0.25) is 5.91 Å². The molecule has 0 aliphatic heterocycles. The fourth-order valence-corrected chi connectivity index (χ4v) is 2.03. The van der Waals surface area contributed by atoms with Crippen LogP contribution in [-0.4, -0.2) is 24.1 Å². The van der Waals surface area contributed by atoms with Crippen molar-refractivity contribution in [2.24, 2.45) is 11.7 Å². The fraction of sp³-hybridized carbons (Fsp3) is 0.533. The molecule has 3 N–H and O–H groups in total. The lowest BCUT2D eigenvalue weighted by Gasteiger charge is -2.22. The maximum atomic E-state index is 12.2. The van der Waals surface area contributed by atoms with Gasteiger partial charge in [-0.1, -0.05) is 19.4 Å². The first kappa shape index (κ1) is 15.5. The zero-order chi connectivity index (χ0) is 14.4. The smallest absolute Gasteiger partial charge is 0.229 e. The van der Waals surface area contributed by atoms with Crippen LogP contribution in [0.15, 0.2) is 24.3 Å². The van der Waals surface area contributed by atoms with E-state index in [1.54, 1.807) is 30.1 Å². The van der Waals surface area contributed by atoms with E-state index >= 15 is 0 Å². The van der Waals surface area contributed by atoms with Crippen LogP contribution in [0.1, 0.15) is 33.1 Å². The second kappa shape index (κ2) is 7.14. The molecule has 19 heavy (non-hydrogen) atoms. The standard InChI is InChI=1S/C15H24N2O2/c1-11(6-4-7-12(2)16)15(19)17(3)13-8-5-9-14(18)10-13/h5,8-12,18H,4,6-7,16H2,1-3H3. The third-order valence-corrected chi connectivity index (χ3v) is 3.27. The number of hydrogen-bond acceptors (Lipinski definition) is 3. The van der Waals surface area contributed by atoms with E-state index < -0.39 is 0 Å². The van der Waals surface area contributed by atoms with E-state index in [1.807, 2.05) is 19.9 Å². The van der Waals surface area contributed by atoms with Crippen LogP contribution in [0.25, 0.3) is 0 Å². The molecule has 0 saturated heterocycles. The van der Waals surface area contributed by atoms with Gasteiger partial charge in [-0.25, -0.2) is 0 Å². The predicted molar refractivity (Wildman–Crippen MR) is 78.2 cm³/mol. The lowest BCUT2D eigenvalue weighted by molar-refractivity contribution is -0.121. The first-order valence-electron chi connectivity index (χ1n) is 6.74. The summed E-state index contributed by atoms with van der Waals surface area (Å²) in [7, 11) is 1.74. The van der Waals surface area contributed by atoms with E-state index in [9.17, 15) is 9.90 Å². The first-order chi connectivity index (χ1) is 8.91. The van der Waals surface area contributed by atoms with Crippen LogP contribution in [0.2, 0.25) is 0 Å². The Morgan fingerprint density at radius 3 is 2.63 bits per heavy atom. The molecule has 2 unspecified atom stereocenters. The van der Waals surface area contributed by atoms with Crippen molar-refractivity contribution in [3.63, 3.8) is 0 Å². The molecule has 0 saturated carbocycles. The van der Waals surface area contributed by atoms with E-state index in [2.05, 4.69) is 0 Å². The average Bonchev–Trinajstić information content (AvgIpc) is 2.36. The Labute approximate surface area is 115 Å². The number of anilines is 1. The Balaban J connectivity index is 2.56. The number of hydrogen-bond donors (Lipinski definition) is 2. The van der Waals surface area contributed by atoms with Crippen LogP contribution < -0.4 is 10.6 Å². The summed E-state index contributed by atoms with van der Waals surface area (Å²) in [4.78, 5) is 13.8. The van der Waals surface area contributed by atoms with Crippen molar-refractivity contribution >= 4 is 11.6 Å². The van der Waals surface area contributed by atoms with Gasteiger partial charge in [-0.2, -0.15) is 0 Å². The molecule has 0 bridgehead atoms. The summed E-state index contributed by atoms with van der Waals surface area (Å²) in [5.41, 5.74) is 6.41. The van der Waals surface area contributed by atoms with Crippen LogP contribution in [0, 0.1) is 5.92 Å². The van der Waals surface area contributed by atoms with Crippen molar-refractivity contribution in [3.8, 4) is 5.75 Å². The van der Waals surface area contributed by atoms with Gasteiger partial charge in [0.15, 0.2) is 0 Å². The molecule has 0 aliphatic rings. The maximum absolute atomic E-state index is 12.2. The molecule has 4 nitrogen and oxygen atoms in total. The Bertz CT molecular complexity index is 418. The Kier molecular flexibility index (Phi) is 5.83. The molecule has 2 atom stereocenters. The lowest BCUT2D eigenvalue weighted by atomic mass is 10.0. The summed E-state index contributed by atoms with van der Waals surface area (Å²) in [6, 6.07) is 6.91. The number of carbonyl (C=O) groups excluding carboxylic acids is 1. The Morgan fingerprint density at radius 1 is 1.37 bits per heavy atom. The Morgan fingerprint density at radius 2 is 2.05 bits per heavy atom. The van der Waals surface area contributed by atoms with Gasteiger partial charge in [-0.15, -0.1) is 0 Å². The van der Waals surface area contributed by atoms with Crippen LogP contribution in [-0.2, 0) is 4.79 Å². The number of carbonyl (C=O) groups is 1. The van der Waals surface area contributed by atoms with Gasteiger partial charge >= 0.3 is 0 Å². The second-order valence-corrected chi connectivity index (χ2v) is 5.23. The average molecular weight is 264 g/mol. The molecule has 0 aromatic heterocycles. The van der Waals surface area contributed by atoms with Crippen molar-refractivity contribution in [2.45, 2.75) is 39.2 Å². The maximum Gasteiger partial charge on any atom is 0.229 e. The summed E-state index contributed by atoms with van der Waals surface area (Å²) in [5.74, 6) is 0.197. The molecule has 0 radical (unpaired) electrons. The Hall–Kier alpha value is -1.55. The summed E-state index contributed by atoms with van der Waals surface area (Å²) < 4.78 is 0. The zero-order valence-electron chi connectivity index (χ0n) is 12.0. The van der Waals surface area contributed by atoms with Crippen molar-refractivity contribution in [1.82, 2.24) is 0 Å². The zero-order valence-corrected chi connectivity index (χ0v) is 12.0. The van der Waals surface area contributed by atoms with E-state index in [0.717, 1.165) is 19.3 Å². The lowest BCUT2D eigenvalue weighted by Crippen LogP contribution is -2.31. The highest BCUT2D eigenvalue weighted by Crippen LogP contribution is 2.21. The van der Waals surface area contributed by atoms with Gasteiger partial charge < -0.3 is 15.7 Å². The number of amides is 1.